The molecule has 4 rings (SSSR count). The van der Waals surface area contributed by atoms with E-state index >= 15 is 0 Å². The largest absolute Gasteiger partial charge is 0.423 e. The minimum Gasteiger partial charge on any atom is -0.423 e. The van der Waals surface area contributed by atoms with Crippen LogP contribution in [0, 0.1) is 20.8 Å². The Hall–Kier alpha value is -3.90. The van der Waals surface area contributed by atoms with Crippen LogP contribution in [0.2, 0.25) is 0 Å². The summed E-state index contributed by atoms with van der Waals surface area (Å²) < 4.78 is 5.46. The molecule has 0 unspecified atom stereocenters. The Kier molecular flexibility index (Phi) is 6.03. The molecular formula is C26H21ClN2O4. The molecule has 0 aliphatic carbocycles. The highest BCUT2D eigenvalue weighted by atomic mass is 35.5. The number of halogens is 1. The Morgan fingerprint density at radius 2 is 1.52 bits per heavy atom. The average Bonchev–Trinajstić information content (AvgIpc) is 2.96. The molecule has 0 saturated carbocycles. The van der Waals surface area contributed by atoms with E-state index in [9.17, 15) is 14.4 Å². The van der Waals surface area contributed by atoms with E-state index in [-0.39, 0.29) is 10.7 Å². The second kappa shape index (κ2) is 8.92. The first kappa shape index (κ1) is 22.3. The highest BCUT2D eigenvalue weighted by Gasteiger charge is 2.39. The monoisotopic (exact) mass is 460 g/mol. The van der Waals surface area contributed by atoms with Gasteiger partial charge in [0, 0.05) is 5.69 Å². The van der Waals surface area contributed by atoms with Gasteiger partial charge < -0.3 is 10.1 Å². The summed E-state index contributed by atoms with van der Waals surface area (Å²) in [6.45, 7) is 5.73. The van der Waals surface area contributed by atoms with Crippen molar-refractivity contribution in [2.75, 3.05) is 10.2 Å². The molecule has 0 atom stereocenters. The quantitative estimate of drug-likeness (QED) is 0.319. The summed E-state index contributed by atoms with van der Waals surface area (Å²) in [6, 6.07) is 19.0. The third-order valence-corrected chi connectivity index (χ3v) is 5.43. The van der Waals surface area contributed by atoms with Crippen LogP contribution in [0.4, 0.5) is 11.4 Å². The molecule has 1 aliphatic rings. The van der Waals surface area contributed by atoms with Gasteiger partial charge in [0.25, 0.3) is 11.8 Å². The second-order valence-corrected chi connectivity index (χ2v) is 8.27. The summed E-state index contributed by atoms with van der Waals surface area (Å²) in [4.78, 5) is 39.0. The van der Waals surface area contributed by atoms with E-state index in [1.165, 1.54) is 0 Å². The van der Waals surface area contributed by atoms with Gasteiger partial charge in [0.1, 0.15) is 16.5 Å². The summed E-state index contributed by atoms with van der Waals surface area (Å²) in [7, 11) is 0. The maximum Gasteiger partial charge on any atom is 0.343 e. The number of esters is 1. The molecular weight excluding hydrogens is 440 g/mol. The Balaban J connectivity index is 1.49. The molecule has 1 heterocycles. The lowest BCUT2D eigenvalue weighted by molar-refractivity contribution is -0.120. The van der Waals surface area contributed by atoms with Crippen molar-refractivity contribution in [3.8, 4) is 5.75 Å². The van der Waals surface area contributed by atoms with Crippen LogP contribution in [0.15, 0.2) is 77.5 Å². The molecule has 0 radical (unpaired) electrons. The average molecular weight is 461 g/mol. The SMILES string of the molecule is Cc1cc(C)cc(OC(=O)c2ccc(NC3=C(Cl)C(=O)N(c4cccc(C)c4)C3=O)cc2)c1. The van der Waals surface area contributed by atoms with Gasteiger partial charge in [-0.2, -0.15) is 0 Å². The second-order valence-electron chi connectivity index (χ2n) is 7.89. The van der Waals surface area contributed by atoms with Crippen molar-refractivity contribution in [3.05, 3.63) is 99.7 Å². The molecule has 166 valence electrons. The third-order valence-electron chi connectivity index (χ3n) is 5.08. The molecule has 2 amide bonds. The van der Waals surface area contributed by atoms with Gasteiger partial charge in [0.2, 0.25) is 0 Å². The topological polar surface area (TPSA) is 75.7 Å². The molecule has 0 saturated heterocycles. The lowest BCUT2D eigenvalue weighted by Crippen LogP contribution is -2.32. The zero-order valence-corrected chi connectivity index (χ0v) is 19.1. The molecule has 0 aromatic heterocycles. The van der Waals surface area contributed by atoms with Crippen LogP contribution < -0.4 is 15.0 Å². The summed E-state index contributed by atoms with van der Waals surface area (Å²) in [5.74, 6) is -1.16. The fraction of sp³-hybridized carbons (Fsp3) is 0.115. The lowest BCUT2D eigenvalue weighted by Gasteiger charge is -2.15. The van der Waals surface area contributed by atoms with Crippen molar-refractivity contribution in [2.45, 2.75) is 20.8 Å². The van der Waals surface area contributed by atoms with Gasteiger partial charge in [-0.05, 0) is 86.0 Å². The minimum absolute atomic E-state index is 0.0197. The van der Waals surface area contributed by atoms with Crippen LogP contribution in [0.5, 0.6) is 5.75 Å². The van der Waals surface area contributed by atoms with Crippen molar-refractivity contribution in [1.82, 2.24) is 0 Å². The predicted octanol–water partition coefficient (Wildman–Crippen LogP) is 5.27. The number of rotatable bonds is 5. The first-order chi connectivity index (χ1) is 15.7. The van der Waals surface area contributed by atoms with Crippen LogP contribution in [-0.2, 0) is 9.59 Å². The van der Waals surface area contributed by atoms with Gasteiger partial charge in [-0.1, -0.05) is 29.8 Å². The molecule has 3 aromatic carbocycles. The number of benzene rings is 3. The molecule has 0 spiro atoms. The number of aryl methyl sites for hydroxylation is 3. The van der Waals surface area contributed by atoms with Crippen LogP contribution in [0.3, 0.4) is 0 Å². The smallest absolute Gasteiger partial charge is 0.343 e. The first-order valence-corrected chi connectivity index (χ1v) is 10.6. The minimum atomic E-state index is -0.594. The highest BCUT2D eigenvalue weighted by Crippen LogP contribution is 2.30. The zero-order chi connectivity index (χ0) is 23.7. The Morgan fingerprint density at radius 3 is 2.15 bits per heavy atom. The zero-order valence-electron chi connectivity index (χ0n) is 18.3. The summed E-state index contributed by atoms with van der Waals surface area (Å²) in [5, 5.41) is 2.70. The first-order valence-electron chi connectivity index (χ1n) is 10.3. The van der Waals surface area contributed by atoms with Gasteiger partial charge in [-0.3, -0.25) is 9.59 Å². The van der Waals surface area contributed by atoms with E-state index in [2.05, 4.69) is 5.32 Å². The molecule has 33 heavy (non-hydrogen) atoms. The van der Waals surface area contributed by atoms with Crippen molar-refractivity contribution < 1.29 is 19.1 Å². The number of nitrogens with one attached hydrogen (secondary N) is 1. The Labute approximate surface area is 196 Å². The van der Waals surface area contributed by atoms with Gasteiger partial charge in [0.05, 0.1) is 11.3 Å². The van der Waals surface area contributed by atoms with E-state index in [0.29, 0.717) is 22.7 Å². The molecule has 3 aromatic rings. The highest BCUT2D eigenvalue weighted by molar-refractivity contribution is 6.53. The molecule has 1 N–H and O–H groups in total. The fourth-order valence-corrected chi connectivity index (χ4v) is 3.82. The van der Waals surface area contributed by atoms with Crippen LogP contribution in [0.1, 0.15) is 27.0 Å². The molecule has 7 heteroatoms. The number of anilines is 2. The van der Waals surface area contributed by atoms with Crippen molar-refractivity contribution in [3.63, 3.8) is 0 Å². The number of amides is 2. The molecule has 0 fully saturated rings. The van der Waals surface area contributed by atoms with Gasteiger partial charge >= 0.3 is 5.97 Å². The van der Waals surface area contributed by atoms with Crippen LogP contribution in [-0.4, -0.2) is 17.8 Å². The molecule has 1 aliphatic heterocycles. The summed E-state index contributed by atoms with van der Waals surface area (Å²) in [6.07, 6.45) is 0. The van der Waals surface area contributed by atoms with Crippen molar-refractivity contribution in [2.24, 2.45) is 0 Å². The number of nitrogens with zero attached hydrogens (tertiary/aromatic N) is 1. The number of hydrogen-bond donors (Lipinski definition) is 1. The maximum absolute atomic E-state index is 12.9. The van der Waals surface area contributed by atoms with Crippen molar-refractivity contribution in [1.29, 1.82) is 0 Å². The summed E-state index contributed by atoms with van der Waals surface area (Å²) in [5.41, 5.74) is 4.18. The van der Waals surface area contributed by atoms with Crippen LogP contribution in [0.25, 0.3) is 0 Å². The molecule has 0 bridgehead atoms. The lowest BCUT2D eigenvalue weighted by atomic mass is 10.1. The molecule has 6 nitrogen and oxygen atoms in total. The van der Waals surface area contributed by atoms with E-state index in [0.717, 1.165) is 21.6 Å². The van der Waals surface area contributed by atoms with E-state index < -0.39 is 17.8 Å². The van der Waals surface area contributed by atoms with E-state index in [1.807, 2.05) is 32.9 Å². The third kappa shape index (κ3) is 4.66. The number of hydrogen-bond acceptors (Lipinski definition) is 5. The number of carbonyl (C=O) groups excluding carboxylic acids is 3. The Bertz CT molecular complexity index is 1290. The number of ether oxygens (including phenoxy) is 1. The van der Waals surface area contributed by atoms with Gasteiger partial charge in [-0.25, -0.2) is 9.69 Å². The fourth-order valence-electron chi connectivity index (χ4n) is 3.60. The maximum atomic E-state index is 12.9. The predicted molar refractivity (Wildman–Crippen MR) is 127 cm³/mol. The normalized spacial score (nSPS) is 13.5. The standard InChI is InChI=1S/C26H21ClN2O4/c1-15-5-4-6-20(12-15)29-24(30)22(27)23(25(29)31)28-19-9-7-18(8-10-19)26(32)33-21-13-16(2)11-17(3)14-21/h4-14,28H,1-3H3. The van der Waals surface area contributed by atoms with Crippen LogP contribution >= 0.6 is 11.6 Å². The summed E-state index contributed by atoms with van der Waals surface area (Å²) >= 11 is 6.19. The Morgan fingerprint density at radius 1 is 0.848 bits per heavy atom. The van der Waals surface area contributed by atoms with E-state index in [4.69, 9.17) is 16.3 Å². The number of imide groups is 1. The van der Waals surface area contributed by atoms with Crippen molar-refractivity contribution >= 4 is 40.8 Å². The van der Waals surface area contributed by atoms with E-state index in [1.54, 1.807) is 54.6 Å². The number of carbonyl (C=O) groups is 3. The van der Waals surface area contributed by atoms with Gasteiger partial charge in [0.15, 0.2) is 0 Å². The van der Waals surface area contributed by atoms with Gasteiger partial charge in [-0.15, -0.1) is 0 Å².